The van der Waals surface area contributed by atoms with E-state index in [9.17, 15) is 0 Å². The van der Waals surface area contributed by atoms with Gasteiger partial charge in [0.1, 0.15) is 0 Å². The minimum absolute atomic E-state index is 1.03. The van der Waals surface area contributed by atoms with Crippen LogP contribution in [0.3, 0.4) is 0 Å². The normalized spacial score (nSPS) is 18.7. The molecule has 0 amide bonds. The second-order valence-electron chi connectivity index (χ2n) is 2.96. The molecule has 1 fully saturated rings. The van der Waals surface area contributed by atoms with Crippen LogP contribution in [0.15, 0.2) is 12.4 Å². The van der Waals surface area contributed by atoms with Crippen LogP contribution >= 0.6 is 0 Å². The van der Waals surface area contributed by atoms with Crippen LogP contribution in [0.4, 0.5) is 5.95 Å². The molecule has 11 heavy (non-hydrogen) atoms. The summed E-state index contributed by atoms with van der Waals surface area (Å²) in [6.07, 6.45) is 7.67. The summed E-state index contributed by atoms with van der Waals surface area (Å²) in [7, 11) is 0. The van der Waals surface area contributed by atoms with Crippen molar-refractivity contribution in [3.8, 4) is 0 Å². The smallest absolute Gasteiger partial charge is 0.202 e. The molecule has 60 valence electrons. The number of nitrogens with one attached hydrogen (secondary N) is 1. The Balaban J connectivity index is 2.04. The van der Waals surface area contributed by atoms with Crippen LogP contribution < -0.4 is 4.90 Å². The van der Waals surface area contributed by atoms with Gasteiger partial charge in [0.15, 0.2) is 0 Å². The van der Waals surface area contributed by atoms with Crippen LogP contribution in [0.2, 0.25) is 0 Å². The monoisotopic (exact) mass is 151 g/mol. The molecule has 0 aliphatic carbocycles. The van der Waals surface area contributed by atoms with Gasteiger partial charge in [-0.05, 0) is 19.3 Å². The number of hydrogen-bond acceptors (Lipinski definition) is 2. The van der Waals surface area contributed by atoms with E-state index in [2.05, 4.69) is 14.9 Å². The maximum Gasteiger partial charge on any atom is 0.202 e. The van der Waals surface area contributed by atoms with Gasteiger partial charge in [0.2, 0.25) is 5.95 Å². The van der Waals surface area contributed by atoms with E-state index in [0.717, 1.165) is 19.0 Å². The van der Waals surface area contributed by atoms with E-state index in [1.165, 1.54) is 19.3 Å². The summed E-state index contributed by atoms with van der Waals surface area (Å²) in [6, 6.07) is 0. The number of aromatic amines is 1. The average molecular weight is 151 g/mol. The van der Waals surface area contributed by atoms with Gasteiger partial charge in [-0.1, -0.05) is 0 Å². The standard InChI is InChI=1S/C8H13N3/c1-2-6-11(7-3-1)8-9-4-5-10-8/h4-5H,1-3,6-7H2,(H,9,10). The first-order chi connectivity index (χ1) is 5.47. The minimum Gasteiger partial charge on any atom is -0.342 e. The molecule has 2 rings (SSSR count). The lowest BCUT2D eigenvalue weighted by Gasteiger charge is -2.25. The van der Waals surface area contributed by atoms with Crippen LogP contribution in [0.5, 0.6) is 0 Å². The summed E-state index contributed by atoms with van der Waals surface area (Å²) < 4.78 is 0. The van der Waals surface area contributed by atoms with Gasteiger partial charge in [-0.3, -0.25) is 0 Å². The molecule has 3 heteroatoms. The highest BCUT2D eigenvalue weighted by molar-refractivity contribution is 5.28. The van der Waals surface area contributed by atoms with Gasteiger partial charge in [0.05, 0.1) is 0 Å². The molecule has 1 aliphatic heterocycles. The molecule has 0 radical (unpaired) electrons. The minimum atomic E-state index is 1.03. The number of imidazole rings is 1. The molecule has 0 atom stereocenters. The Hall–Kier alpha value is -0.990. The molecule has 0 bridgehead atoms. The van der Waals surface area contributed by atoms with Gasteiger partial charge in [0, 0.05) is 25.5 Å². The summed E-state index contributed by atoms with van der Waals surface area (Å²) in [6.45, 7) is 2.32. The maximum absolute atomic E-state index is 4.21. The lowest BCUT2D eigenvalue weighted by Crippen LogP contribution is -2.30. The molecular formula is C8H13N3. The Morgan fingerprint density at radius 1 is 1.27 bits per heavy atom. The van der Waals surface area contributed by atoms with Crippen molar-refractivity contribution in [3.63, 3.8) is 0 Å². The predicted octanol–water partition coefficient (Wildman–Crippen LogP) is 1.40. The number of piperidine rings is 1. The third-order valence-electron chi connectivity index (χ3n) is 2.14. The van der Waals surface area contributed by atoms with Crippen molar-refractivity contribution < 1.29 is 0 Å². The zero-order chi connectivity index (χ0) is 7.52. The Labute approximate surface area is 66.4 Å². The predicted molar refractivity (Wildman–Crippen MR) is 44.7 cm³/mol. The van der Waals surface area contributed by atoms with Crippen LogP contribution in [-0.2, 0) is 0 Å². The number of nitrogens with zero attached hydrogens (tertiary/aromatic N) is 2. The molecule has 0 saturated carbocycles. The molecular weight excluding hydrogens is 138 g/mol. The highest BCUT2D eigenvalue weighted by atomic mass is 15.3. The number of anilines is 1. The zero-order valence-corrected chi connectivity index (χ0v) is 6.58. The van der Waals surface area contributed by atoms with Crippen molar-refractivity contribution in [3.05, 3.63) is 12.4 Å². The topological polar surface area (TPSA) is 31.9 Å². The van der Waals surface area contributed by atoms with Crippen LogP contribution in [0.25, 0.3) is 0 Å². The van der Waals surface area contributed by atoms with E-state index < -0.39 is 0 Å². The van der Waals surface area contributed by atoms with Crippen LogP contribution in [0, 0.1) is 0 Å². The van der Waals surface area contributed by atoms with Crippen molar-refractivity contribution in [1.29, 1.82) is 0 Å². The van der Waals surface area contributed by atoms with Crippen molar-refractivity contribution in [1.82, 2.24) is 9.97 Å². The van der Waals surface area contributed by atoms with E-state index in [4.69, 9.17) is 0 Å². The van der Waals surface area contributed by atoms with Gasteiger partial charge >= 0.3 is 0 Å². The summed E-state index contributed by atoms with van der Waals surface area (Å²) in [5.74, 6) is 1.03. The fourth-order valence-electron chi connectivity index (χ4n) is 1.54. The molecule has 1 saturated heterocycles. The zero-order valence-electron chi connectivity index (χ0n) is 6.58. The Morgan fingerprint density at radius 3 is 2.73 bits per heavy atom. The van der Waals surface area contributed by atoms with Crippen molar-refractivity contribution in [2.45, 2.75) is 19.3 Å². The van der Waals surface area contributed by atoms with Gasteiger partial charge in [0.25, 0.3) is 0 Å². The Bertz CT molecular complexity index is 199. The molecule has 0 spiro atoms. The lowest BCUT2D eigenvalue weighted by molar-refractivity contribution is 0.570. The fourth-order valence-corrected chi connectivity index (χ4v) is 1.54. The first kappa shape index (κ1) is 6.70. The molecule has 1 aromatic heterocycles. The Morgan fingerprint density at radius 2 is 2.09 bits per heavy atom. The fraction of sp³-hybridized carbons (Fsp3) is 0.625. The van der Waals surface area contributed by atoms with E-state index in [0.29, 0.717) is 0 Å². The molecule has 3 nitrogen and oxygen atoms in total. The summed E-state index contributed by atoms with van der Waals surface area (Å²) in [5.41, 5.74) is 0. The number of aromatic nitrogens is 2. The highest BCUT2D eigenvalue weighted by Crippen LogP contribution is 2.14. The summed E-state index contributed by atoms with van der Waals surface area (Å²) in [5, 5.41) is 0. The molecule has 2 heterocycles. The second-order valence-corrected chi connectivity index (χ2v) is 2.96. The van der Waals surface area contributed by atoms with Crippen LogP contribution in [-0.4, -0.2) is 23.1 Å². The largest absolute Gasteiger partial charge is 0.342 e. The average Bonchev–Trinajstić information content (AvgIpc) is 2.58. The third-order valence-corrected chi connectivity index (χ3v) is 2.14. The lowest BCUT2D eigenvalue weighted by atomic mass is 10.1. The molecule has 1 aliphatic rings. The second kappa shape index (κ2) is 2.95. The van der Waals surface area contributed by atoms with Crippen LogP contribution in [0.1, 0.15) is 19.3 Å². The summed E-state index contributed by atoms with van der Waals surface area (Å²) >= 11 is 0. The van der Waals surface area contributed by atoms with Crippen molar-refractivity contribution in [2.24, 2.45) is 0 Å². The number of hydrogen-bond donors (Lipinski definition) is 1. The first-order valence-corrected chi connectivity index (χ1v) is 4.21. The van der Waals surface area contributed by atoms with E-state index in [1.807, 2.05) is 12.4 Å². The number of rotatable bonds is 1. The Kier molecular flexibility index (Phi) is 1.79. The van der Waals surface area contributed by atoms with Crippen molar-refractivity contribution >= 4 is 5.95 Å². The molecule has 0 aromatic carbocycles. The first-order valence-electron chi connectivity index (χ1n) is 4.21. The number of H-pyrrole nitrogens is 1. The van der Waals surface area contributed by atoms with Gasteiger partial charge in [-0.2, -0.15) is 0 Å². The SMILES string of the molecule is c1c[nH]c(N2CCCCC2)n1. The quantitative estimate of drug-likeness (QED) is 0.658. The van der Waals surface area contributed by atoms with Crippen molar-refractivity contribution in [2.75, 3.05) is 18.0 Å². The van der Waals surface area contributed by atoms with E-state index >= 15 is 0 Å². The van der Waals surface area contributed by atoms with E-state index in [1.54, 1.807) is 0 Å². The van der Waals surface area contributed by atoms with E-state index in [-0.39, 0.29) is 0 Å². The third kappa shape index (κ3) is 1.37. The molecule has 1 aromatic rings. The summed E-state index contributed by atoms with van der Waals surface area (Å²) in [4.78, 5) is 9.64. The molecule has 1 N–H and O–H groups in total. The van der Waals surface area contributed by atoms with Gasteiger partial charge < -0.3 is 9.88 Å². The molecule has 0 unspecified atom stereocenters. The highest BCUT2D eigenvalue weighted by Gasteiger charge is 2.11. The van der Waals surface area contributed by atoms with Gasteiger partial charge in [-0.15, -0.1) is 0 Å². The maximum atomic E-state index is 4.21. The van der Waals surface area contributed by atoms with Gasteiger partial charge in [-0.25, -0.2) is 4.98 Å².